The van der Waals surface area contributed by atoms with Gasteiger partial charge in [0.1, 0.15) is 12.4 Å². The van der Waals surface area contributed by atoms with Crippen LogP contribution in [-0.4, -0.2) is 0 Å². The van der Waals surface area contributed by atoms with Gasteiger partial charge in [0, 0.05) is 11.1 Å². The molecular formula is C24H22O. The fraction of sp³-hybridized carbons (Fsp3) is 0.167. The first-order valence-corrected chi connectivity index (χ1v) is 8.55. The first-order chi connectivity index (χ1) is 12.2. The Labute approximate surface area is 150 Å². The largest absolute Gasteiger partial charge is 0.488 e. The van der Waals surface area contributed by atoms with E-state index in [1.54, 1.807) is 0 Å². The monoisotopic (exact) mass is 326 g/mol. The van der Waals surface area contributed by atoms with Crippen LogP contribution in [0.2, 0.25) is 0 Å². The van der Waals surface area contributed by atoms with Crippen LogP contribution in [0.5, 0.6) is 5.75 Å². The van der Waals surface area contributed by atoms with Gasteiger partial charge in [-0.25, -0.2) is 0 Å². The van der Waals surface area contributed by atoms with E-state index in [9.17, 15) is 0 Å². The van der Waals surface area contributed by atoms with Crippen molar-refractivity contribution in [3.63, 3.8) is 0 Å². The molecule has 3 aromatic rings. The Morgan fingerprint density at radius 3 is 2.28 bits per heavy atom. The molecule has 0 aliphatic carbocycles. The summed E-state index contributed by atoms with van der Waals surface area (Å²) in [7, 11) is 0. The lowest BCUT2D eigenvalue weighted by molar-refractivity contribution is 0.307. The Bertz CT molecular complexity index is 868. The maximum absolute atomic E-state index is 6.10. The van der Waals surface area contributed by atoms with Gasteiger partial charge in [0.15, 0.2) is 0 Å². The van der Waals surface area contributed by atoms with Crippen LogP contribution in [0.4, 0.5) is 0 Å². The van der Waals surface area contributed by atoms with Gasteiger partial charge in [0.05, 0.1) is 0 Å². The van der Waals surface area contributed by atoms with Crippen LogP contribution >= 0.6 is 0 Å². The molecule has 0 aromatic heterocycles. The van der Waals surface area contributed by atoms with Gasteiger partial charge in [-0.15, -0.1) is 6.42 Å². The molecule has 0 saturated heterocycles. The zero-order valence-corrected chi connectivity index (χ0v) is 14.7. The first-order valence-electron chi connectivity index (χ1n) is 8.55. The van der Waals surface area contributed by atoms with Crippen molar-refractivity contribution in [3.05, 3.63) is 89.5 Å². The summed E-state index contributed by atoms with van der Waals surface area (Å²) in [5.74, 6) is 4.02. The van der Waals surface area contributed by atoms with E-state index in [2.05, 4.69) is 56.2 Å². The van der Waals surface area contributed by atoms with Crippen molar-refractivity contribution in [3.8, 4) is 29.2 Å². The Hall–Kier alpha value is -2.98. The van der Waals surface area contributed by atoms with Crippen molar-refractivity contribution in [2.24, 2.45) is 0 Å². The number of benzene rings is 3. The van der Waals surface area contributed by atoms with Crippen molar-refractivity contribution in [2.75, 3.05) is 0 Å². The summed E-state index contributed by atoms with van der Waals surface area (Å²) >= 11 is 0. The van der Waals surface area contributed by atoms with E-state index in [0.717, 1.165) is 28.0 Å². The lowest BCUT2D eigenvalue weighted by Gasteiger charge is -2.14. The molecule has 124 valence electrons. The number of hydrogen-bond acceptors (Lipinski definition) is 1. The number of rotatable bonds is 5. The second-order valence-corrected chi connectivity index (χ2v) is 6.41. The third-order valence-corrected chi connectivity index (χ3v) is 4.27. The van der Waals surface area contributed by atoms with Crippen molar-refractivity contribution in [1.29, 1.82) is 0 Å². The maximum atomic E-state index is 6.10. The summed E-state index contributed by atoms with van der Waals surface area (Å²) in [4.78, 5) is 0. The van der Waals surface area contributed by atoms with Gasteiger partial charge in [-0.3, -0.25) is 0 Å². The molecule has 0 heterocycles. The van der Waals surface area contributed by atoms with Crippen molar-refractivity contribution >= 4 is 0 Å². The molecule has 25 heavy (non-hydrogen) atoms. The summed E-state index contributed by atoms with van der Waals surface area (Å²) in [5.41, 5.74) is 5.48. The van der Waals surface area contributed by atoms with E-state index >= 15 is 0 Å². The van der Waals surface area contributed by atoms with Crippen LogP contribution in [0, 0.1) is 12.3 Å². The van der Waals surface area contributed by atoms with Gasteiger partial charge in [0.25, 0.3) is 0 Å². The molecule has 0 radical (unpaired) electrons. The van der Waals surface area contributed by atoms with E-state index in [4.69, 9.17) is 11.2 Å². The molecule has 1 nitrogen and oxygen atoms in total. The van der Waals surface area contributed by atoms with Crippen molar-refractivity contribution in [1.82, 2.24) is 0 Å². The summed E-state index contributed by atoms with van der Waals surface area (Å²) in [6.45, 7) is 4.92. The van der Waals surface area contributed by atoms with E-state index in [1.165, 1.54) is 5.56 Å². The number of ether oxygens (including phenoxy) is 1. The Kier molecular flexibility index (Phi) is 5.21. The van der Waals surface area contributed by atoms with Crippen molar-refractivity contribution < 1.29 is 4.74 Å². The summed E-state index contributed by atoms with van der Waals surface area (Å²) in [5, 5.41) is 0. The van der Waals surface area contributed by atoms with Crippen LogP contribution in [-0.2, 0) is 6.61 Å². The highest BCUT2D eigenvalue weighted by molar-refractivity contribution is 5.72. The van der Waals surface area contributed by atoms with Gasteiger partial charge in [-0.2, -0.15) is 0 Å². The van der Waals surface area contributed by atoms with Crippen LogP contribution in [0.3, 0.4) is 0 Å². The maximum Gasteiger partial charge on any atom is 0.128 e. The Balaban J connectivity index is 1.91. The molecule has 0 aliphatic heterocycles. The average Bonchev–Trinajstić information content (AvgIpc) is 2.67. The van der Waals surface area contributed by atoms with E-state index < -0.39 is 0 Å². The summed E-state index contributed by atoms with van der Waals surface area (Å²) < 4.78 is 6.10. The predicted molar refractivity (Wildman–Crippen MR) is 105 cm³/mol. The molecule has 0 fully saturated rings. The van der Waals surface area contributed by atoms with E-state index in [0.29, 0.717) is 12.5 Å². The smallest absolute Gasteiger partial charge is 0.128 e. The first kappa shape index (κ1) is 16.9. The fourth-order valence-electron chi connectivity index (χ4n) is 2.75. The SMILES string of the molecule is C#Cc1ccc(-c2ccc(C(C)C)cc2)c(OCc2ccccc2)c1. The third kappa shape index (κ3) is 4.11. The summed E-state index contributed by atoms with van der Waals surface area (Å²) in [6, 6.07) is 24.7. The molecule has 0 spiro atoms. The second-order valence-electron chi connectivity index (χ2n) is 6.41. The van der Waals surface area contributed by atoms with Gasteiger partial charge in [-0.05, 0) is 40.8 Å². The zero-order chi connectivity index (χ0) is 17.6. The molecule has 3 aromatic carbocycles. The topological polar surface area (TPSA) is 9.23 Å². The highest BCUT2D eigenvalue weighted by atomic mass is 16.5. The fourth-order valence-corrected chi connectivity index (χ4v) is 2.75. The minimum absolute atomic E-state index is 0.520. The van der Waals surface area contributed by atoms with Gasteiger partial charge in [-0.1, -0.05) is 74.4 Å². The Morgan fingerprint density at radius 2 is 1.64 bits per heavy atom. The third-order valence-electron chi connectivity index (χ3n) is 4.27. The van der Waals surface area contributed by atoms with Crippen LogP contribution in [0.25, 0.3) is 11.1 Å². The predicted octanol–water partition coefficient (Wildman–Crippen LogP) is 6.04. The van der Waals surface area contributed by atoms with Crippen LogP contribution in [0.1, 0.15) is 36.5 Å². The highest BCUT2D eigenvalue weighted by Crippen LogP contribution is 2.32. The van der Waals surface area contributed by atoms with Crippen molar-refractivity contribution in [2.45, 2.75) is 26.4 Å². The molecule has 0 atom stereocenters. The molecule has 0 saturated carbocycles. The molecule has 0 unspecified atom stereocenters. The Morgan fingerprint density at radius 1 is 0.920 bits per heavy atom. The minimum Gasteiger partial charge on any atom is -0.488 e. The van der Waals surface area contributed by atoms with Gasteiger partial charge in [0.2, 0.25) is 0 Å². The molecule has 0 amide bonds. The normalized spacial score (nSPS) is 10.5. The van der Waals surface area contributed by atoms with Gasteiger partial charge >= 0.3 is 0 Å². The molecule has 0 bridgehead atoms. The van der Waals surface area contributed by atoms with Crippen LogP contribution < -0.4 is 4.74 Å². The van der Waals surface area contributed by atoms with Gasteiger partial charge < -0.3 is 4.74 Å². The zero-order valence-electron chi connectivity index (χ0n) is 14.7. The molecule has 0 aliphatic rings. The standard InChI is InChI=1S/C24H22O/c1-4-19-10-15-23(22-13-11-21(12-14-22)18(2)3)24(16-19)25-17-20-8-6-5-7-9-20/h1,5-16,18H,17H2,2-3H3. The quantitative estimate of drug-likeness (QED) is 0.520. The highest BCUT2D eigenvalue weighted by Gasteiger charge is 2.09. The molecule has 1 heteroatoms. The summed E-state index contributed by atoms with van der Waals surface area (Å²) in [6.07, 6.45) is 5.56. The molecule has 0 N–H and O–H groups in total. The van der Waals surface area contributed by atoms with E-state index in [1.807, 2.05) is 36.4 Å². The minimum atomic E-state index is 0.520. The average molecular weight is 326 g/mol. The lowest BCUT2D eigenvalue weighted by Crippen LogP contribution is -1.97. The van der Waals surface area contributed by atoms with Crippen LogP contribution in [0.15, 0.2) is 72.8 Å². The van der Waals surface area contributed by atoms with E-state index in [-0.39, 0.29) is 0 Å². The second kappa shape index (κ2) is 7.73. The number of terminal acetylenes is 1. The number of hydrogen-bond donors (Lipinski definition) is 0. The molecule has 3 rings (SSSR count). The lowest BCUT2D eigenvalue weighted by atomic mass is 9.97. The molecular weight excluding hydrogens is 304 g/mol.